The third-order valence-corrected chi connectivity index (χ3v) is 4.50. The van der Waals surface area contributed by atoms with E-state index in [0.29, 0.717) is 25.5 Å². The first kappa shape index (κ1) is 15.5. The quantitative estimate of drug-likeness (QED) is 0.789. The van der Waals surface area contributed by atoms with Crippen LogP contribution in [0.25, 0.3) is 0 Å². The number of aryl methyl sites for hydroxylation is 1. The van der Waals surface area contributed by atoms with Gasteiger partial charge in [-0.3, -0.25) is 9.59 Å². The van der Waals surface area contributed by atoms with Gasteiger partial charge in [0.1, 0.15) is 11.9 Å². The number of aromatic nitrogens is 2. The monoisotopic (exact) mass is 319 g/mol. The summed E-state index contributed by atoms with van der Waals surface area (Å²) >= 11 is 0. The van der Waals surface area contributed by atoms with Crippen LogP contribution < -0.4 is 10.9 Å². The van der Waals surface area contributed by atoms with E-state index < -0.39 is 6.04 Å². The third kappa shape index (κ3) is 3.20. The highest BCUT2D eigenvalue weighted by Gasteiger charge is 2.35. The molecule has 0 unspecified atom stereocenters. The molecule has 2 N–H and O–H groups in total. The van der Waals surface area contributed by atoms with Crippen molar-refractivity contribution in [3.63, 3.8) is 0 Å². The minimum atomic E-state index is -0.455. The number of likely N-dealkylation sites (N-methyl/N-ethyl adjacent to an activating group) is 1. The van der Waals surface area contributed by atoms with Crippen molar-refractivity contribution in [2.75, 3.05) is 26.7 Å². The maximum Gasteiger partial charge on any atom is 0.317 e. The fourth-order valence-corrected chi connectivity index (χ4v) is 3.23. The predicted octanol–water partition coefficient (Wildman–Crippen LogP) is -0.192. The highest BCUT2D eigenvalue weighted by Crippen LogP contribution is 2.26. The fourth-order valence-electron chi connectivity index (χ4n) is 3.23. The largest absolute Gasteiger partial charge is 0.341 e. The molecule has 3 rings (SSSR count). The Morgan fingerprint density at radius 3 is 2.57 bits per heavy atom. The van der Waals surface area contributed by atoms with Gasteiger partial charge in [-0.2, -0.15) is 0 Å². The molecule has 2 fully saturated rings. The molecule has 0 spiro atoms. The molecular formula is C15H21N5O3. The zero-order valence-corrected chi connectivity index (χ0v) is 13.3. The van der Waals surface area contributed by atoms with Gasteiger partial charge in [0.15, 0.2) is 0 Å². The summed E-state index contributed by atoms with van der Waals surface area (Å²) in [5.74, 6) is 0.778. The van der Waals surface area contributed by atoms with E-state index in [2.05, 4.69) is 15.3 Å². The van der Waals surface area contributed by atoms with E-state index in [9.17, 15) is 14.4 Å². The van der Waals surface area contributed by atoms with Crippen LogP contribution >= 0.6 is 0 Å². The molecule has 2 saturated heterocycles. The highest BCUT2D eigenvalue weighted by molar-refractivity contribution is 5.90. The number of carbonyl (C=O) groups is 2. The zero-order valence-electron chi connectivity index (χ0n) is 13.3. The van der Waals surface area contributed by atoms with E-state index in [1.165, 1.54) is 4.90 Å². The van der Waals surface area contributed by atoms with Crippen molar-refractivity contribution in [1.82, 2.24) is 25.1 Å². The molecule has 1 aromatic rings. The molecule has 0 aromatic carbocycles. The van der Waals surface area contributed by atoms with Gasteiger partial charge in [-0.1, -0.05) is 0 Å². The number of hydrogen-bond acceptors (Lipinski definition) is 4. The molecule has 124 valence electrons. The normalized spacial score (nSPS) is 22.3. The van der Waals surface area contributed by atoms with Crippen LogP contribution in [0.5, 0.6) is 0 Å². The van der Waals surface area contributed by atoms with Crippen molar-refractivity contribution in [2.45, 2.75) is 31.7 Å². The topological polar surface area (TPSA) is 98.4 Å². The Labute approximate surface area is 133 Å². The SMILES string of the molecule is Cc1nc(C2CCN(C(=O)[C@@H]3CN(C)C(=O)N3)CC2)cc(=O)[nH]1. The number of nitrogens with one attached hydrogen (secondary N) is 2. The number of amides is 3. The van der Waals surface area contributed by atoms with Gasteiger partial charge in [-0.25, -0.2) is 9.78 Å². The summed E-state index contributed by atoms with van der Waals surface area (Å²) in [5.41, 5.74) is 0.662. The van der Waals surface area contributed by atoms with E-state index >= 15 is 0 Å². The number of carbonyl (C=O) groups excluding carboxylic acids is 2. The first-order valence-electron chi connectivity index (χ1n) is 7.82. The Balaban J connectivity index is 1.61. The predicted molar refractivity (Wildman–Crippen MR) is 83.1 cm³/mol. The Hall–Kier alpha value is -2.38. The van der Waals surface area contributed by atoms with Gasteiger partial charge in [0.2, 0.25) is 5.91 Å². The maximum absolute atomic E-state index is 12.5. The fraction of sp³-hybridized carbons (Fsp3) is 0.600. The molecule has 2 aliphatic heterocycles. The van der Waals surface area contributed by atoms with Crippen LogP contribution in [0.4, 0.5) is 4.79 Å². The van der Waals surface area contributed by atoms with Gasteiger partial charge in [-0.05, 0) is 19.8 Å². The Morgan fingerprint density at radius 2 is 2.00 bits per heavy atom. The van der Waals surface area contributed by atoms with Crippen molar-refractivity contribution in [3.05, 3.63) is 27.9 Å². The molecule has 2 aliphatic rings. The lowest BCUT2D eigenvalue weighted by Crippen LogP contribution is -2.48. The summed E-state index contributed by atoms with van der Waals surface area (Å²) in [7, 11) is 1.68. The number of urea groups is 1. The number of hydrogen-bond donors (Lipinski definition) is 2. The smallest absolute Gasteiger partial charge is 0.317 e. The lowest BCUT2D eigenvalue weighted by atomic mass is 9.93. The number of rotatable bonds is 2. The van der Waals surface area contributed by atoms with Crippen LogP contribution in [0.1, 0.15) is 30.3 Å². The molecule has 0 aliphatic carbocycles. The summed E-state index contributed by atoms with van der Waals surface area (Å²) in [6.45, 7) is 3.41. The summed E-state index contributed by atoms with van der Waals surface area (Å²) in [6, 6.07) is 0.881. The van der Waals surface area contributed by atoms with Gasteiger partial charge in [0.25, 0.3) is 5.56 Å². The summed E-state index contributed by atoms with van der Waals surface area (Å²) in [4.78, 5) is 45.8. The number of nitrogens with zero attached hydrogens (tertiary/aromatic N) is 3. The number of aromatic amines is 1. The number of piperidine rings is 1. The first-order chi connectivity index (χ1) is 10.9. The molecule has 3 heterocycles. The Bertz CT molecular complexity index is 678. The molecule has 0 bridgehead atoms. The second-order valence-electron chi connectivity index (χ2n) is 6.24. The molecule has 1 aromatic heterocycles. The van der Waals surface area contributed by atoms with Crippen LogP contribution in [-0.4, -0.2) is 64.4 Å². The Kier molecular flexibility index (Phi) is 4.06. The zero-order chi connectivity index (χ0) is 16.6. The van der Waals surface area contributed by atoms with Crippen molar-refractivity contribution >= 4 is 11.9 Å². The number of H-pyrrole nitrogens is 1. The first-order valence-corrected chi connectivity index (χ1v) is 7.82. The van der Waals surface area contributed by atoms with Gasteiger partial charge >= 0.3 is 6.03 Å². The van der Waals surface area contributed by atoms with Crippen molar-refractivity contribution < 1.29 is 9.59 Å². The van der Waals surface area contributed by atoms with E-state index in [1.54, 1.807) is 24.9 Å². The highest BCUT2D eigenvalue weighted by atomic mass is 16.2. The van der Waals surface area contributed by atoms with Gasteiger partial charge in [0.05, 0.1) is 12.2 Å². The molecule has 8 nitrogen and oxygen atoms in total. The maximum atomic E-state index is 12.5. The average Bonchev–Trinajstić information content (AvgIpc) is 2.85. The van der Waals surface area contributed by atoms with E-state index in [1.807, 2.05) is 0 Å². The third-order valence-electron chi connectivity index (χ3n) is 4.50. The van der Waals surface area contributed by atoms with E-state index in [4.69, 9.17) is 0 Å². The molecule has 23 heavy (non-hydrogen) atoms. The van der Waals surface area contributed by atoms with Crippen LogP contribution in [-0.2, 0) is 4.79 Å². The minimum absolute atomic E-state index is 0.0313. The van der Waals surface area contributed by atoms with Gasteiger partial charge in [-0.15, -0.1) is 0 Å². The van der Waals surface area contributed by atoms with Crippen molar-refractivity contribution in [3.8, 4) is 0 Å². The summed E-state index contributed by atoms with van der Waals surface area (Å²) in [6.07, 6.45) is 1.55. The molecular weight excluding hydrogens is 298 g/mol. The number of likely N-dealkylation sites (tertiary alicyclic amines) is 1. The van der Waals surface area contributed by atoms with Gasteiger partial charge < -0.3 is 20.1 Å². The standard InChI is InChI=1S/C15H21N5O3/c1-9-16-11(7-13(21)17-9)10-3-5-20(6-4-10)14(22)12-8-19(2)15(23)18-12/h7,10,12H,3-6,8H2,1-2H3,(H,18,23)(H,16,17,21)/t12-/m0/s1. The average molecular weight is 319 g/mol. The van der Waals surface area contributed by atoms with Crippen LogP contribution in [0.2, 0.25) is 0 Å². The van der Waals surface area contributed by atoms with Crippen molar-refractivity contribution in [1.29, 1.82) is 0 Å². The van der Waals surface area contributed by atoms with Crippen molar-refractivity contribution in [2.24, 2.45) is 0 Å². The summed E-state index contributed by atoms with van der Waals surface area (Å²) in [5, 5.41) is 2.70. The Morgan fingerprint density at radius 1 is 1.30 bits per heavy atom. The second kappa shape index (κ2) is 6.02. The second-order valence-corrected chi connectivity index (χ2v) is 6.24. The van der Waals surface area contributed by atoms with Crippen LogP contribution in [0, 0.1) is 6.92 Å². The minimum Gasteiger partial charge on any atom is -0.341 e. The molecule has 1 atom stereocenters. The lowest BCUT2D eigenvalue weighted by molar-refractivity contribution is -0.133. The molecule has 3 amide bonds. The molecule has 0 saturated carbocycles. The molecule has 0 radical (unpaired) electrons. The van der Waals surface area contributed by atoms with Crippen LogP contribution in [0.15, 0.2) is 10.9 Å². The molecule has 8 heteroatoms. The van der Waals surface area contributed by atoms with Gasteiger partial charge in [0, 0.05) is 32.1 Å². The van der Waals surface area contributed by atoms with Crippen LogP contribution in [0.3, 0.4) is 0 Å². The lowest BCUT2D eigenvalue weighted by Gasteiger charge is -2.33. The van der Waals surface area contributed by atoms with E-state index in [0.717, 1.165) is 18.5 Å². The summed E-state index contributed by atoms with van der Waals surface area (Å²) < 4.78 is 0. The van der Waals surface area contributed by atoms with E-state index in [-0.39, 0.29) is 23.4 Å².